The standard InChI is InChI=1S/C22H40O2/c1-4-6-7-8-9-10-11-12-13-14-15-16-17-18-19-20-22(5-2)24-21(3)23/h5,20H,2,4,6-19H2,1,3H3/b22-20+. The van der Waals surface area contributed by atoms with Crippen molar-refractivity contribution in [2.75, 3.05) is 0 Å². The van der Waals surface area contributed by atoms with Crippen LogP contribution in [0.4, 0.5) is 0 Å². The Kier molecular flexibility index (Phi) is 17.5. The highest BCUT2D eigenvalue weighted by atomic mass is 16.5. The van der Waals surface area contributed by atoms with Crippen LogP contribution in [0, 0.1) is 0 Å². The molecule has 0 atom stereocenters. The molecule has 2 nitrogen and oxygen atoms in total. The third-order valence-electron chi connectivity index (χ3n) is 4.37. The van der Waals surface area contributed by atoms with Gasteiger partial charge in [0.25, 0.3) is 0 Å². The molecule has 0 aromatic carbocycles. The van der Waals surface area contributed by atoms with Crippen molar-refractivity contribution in [2.24, 2.45) is 0 Å². The Morgan fingerprint density at radius 2 is 1.21 bits per heavy atom. The molecule has 0 fully saturated rings. The monoisotopic (exact) mass is 336 g/mol. The molecule has 0 aromatic rings. The van der Waals surface area contributed by atoms with Gasteiger partial charge in [-0.1, -0.05) is 97.0 Å². The van der Waals surface area contributed by atoms with Gasteiger partial charge in [-0.05, 0) is 25.0 Å². The number of allylic oxidation sites excluding steroid dienone is 2. The third-order valence-corrected chi connectivity index (χ3v) is 4.37. The lowest BCUT2D eigenvalue weighted by atomic mass is 10.0. The SMILES string of the molecule is C=C/C(=C\CCCCCCCCCCCCCCCC)OC(C)=O. The van der Waals surface area contributed by atoms with Gasteiger partial charge < -0.3 is 4.74 Å². The number of ether oxygens (including phenoxy) is 1. The van der Waals surface area contributed by atoms with E-state index in [1.54, 1.807) is 6.08 Å². The van der Waals surface area contributed by atoms with Crippen LogP contribution in [0.3, 0.4) is 0 Å². The number of unbranched alkanes of at least 4 members (excludes halogenated alkanes) is 14. The van der Waals surface area contributed by atoms with Crippen molar-refractivity contribution >= 4 is 5.97 Å². The summed E-state index contributed by atoms with van der Waals surface area (Å²) in [5.41, 5.74) is 0. The molecular weight excluding hydrogens is 296 g/mol. The summed E-state index contributed by atoms with van der Waals surface area (Å²) in [6, 6.07) is 0. The van der Waals surface area contributed by atoms with Crippen LogP contribution in [0.5, 0.6) is 0 Å². The van der Waals surface area contributed by atoms with Crippen LogP contribution in [0.2, 0.25) is 0 Å². The molecule has 0 spiro atoms. The summed E-state index contributed by atoms with van der Waals surface area (Å²) in [6.45, 7) is 7.35. The Bertz CT molecular complexity index is 331. The van der Waals surface area contributed by atoms with Crippen LogP contribution >= 0.6 is 0 Å². The van der Waals surface area contributed by atoms with Crippen LogP contribution in [0.15, 0.2) is 24.5 Å². The van der Waals surface area contributed by atoms with Crippen LogP contribution in [-0.4, -0.2) is 5.97 Å². The maximum Gasteiger partial charge on any atom is 0.308 e. The number of carbonyl (C=O) groups is 1. The van der Waals surface area contributed by atoms with Crippen molar-refractivity contribution in [1.82, 2.24) is 0 Å². The summed E-state index contributed by atoms with van der Waals surface area (Å²) in [7, 11) is 0. The lowest BCUT2D eigenvalue weighted by Gasteiger charge is -2.03. The quantitative estimate of drug-likeness (QED) is 0.119. The smallest absolute Gasteiger partial charge is 0.308 e. The van der Waals surface area contributed by atoms with Gasteiger partial charge in [-0.25, -0.2) is 0 Å². The Labute approximate surface area is 150 Å². The molecule has 0 unspecified atom stereocenters. The van der Waals surface area contributed by atoms with Gasteiger partial charge in [0.1, 0.15) is 5.76 Å². The summed E-state index contributed by atoms with van der Waals surface area (Å²) < 4.78 is 5.02. The molecule has 0 radical (unpaired) electrons. The van der Waals surface area contributed by atoms with E-state index in [9.17, 15) is 4.79 Å². The van der Waals surface area contributed by atoms with Gasteiger partial charge in [0.15, 0.2) is 0 Å². The molecule has 0 aliphatic carbocycles. The predicted molar refractivity (Wildman–Crippen MR) is 105 cm³/mol. The third kappa shape index (κ3) is 17.3. The second kappa shape index (κ2) is 18.3. The molecule has 24 heavy (non-hydrogen) atoms. The Hall–Kier alpha value is -1.05. The second-order valence-electron chi connectivity index (χ2n) is 6.79. The number of esters is 1. The Morgan fingerprint density at radius 3 is 1.58 bits per heavy atom. The average Bonchev–Trinajstić information content (AvgIpc) is 2.56. The predicted octanol–water partition coefficient (Wildman–Crippen LogP) is 7.49. The lowest BCUT2D eigenvalue weighted by Crippen LogP contribution is -1.96. The summed E-state index contributed by atoms with van der Waals surface area (Å²) in [6.07, 6.45) is 23.8. The van der Waals surface area contributed by atoms with E-state index >= 15 is 0 Å². The summed E-state index contributed by atoms with van der Waals surface area (Å²) in [4.78, 5) is 10.9. The minimum atomic E-state index is -0.276. The molecule has 0 saturated heterocycles. The normalized spacial score (nSPS) is 11.5. The number of hydrogen-bond donors (Lipinski definition) is 0. The zero-order valence-electron chi connectivity index (χ0n) is 16.3. The van der Waals surface area contributed by atoms with Crippen molar-refractivity contribution in [2.45, 2.75) is 110 Å². The summed E-state index contributed by atoms with van der Waals surface area (Å²) in [5, 5.41) is 0. The van der Waals surface area contributed by atoms with Crippen molar-refractivity contribution in [1.29, 1.82) is 0 Å². The highest BCUT2D eigenvalue weighted by Crippen LogP contribution is 2.13. The first-order chi connectivity index (χ1) is 11.7. The molecule has 140 valence electrons. The molecular formula is C22H40O2. The molecule has 0 saturated carbocycles. The molecule has 0 bridgehead atoms. The minimum absolute atomic E-state index is 0.276. The van der Waals surface area contributed by atoms with Crippen molar-refractivity contribution in [3.8, 4) is 0 Å². The molecule has 0 aliphatic heterocycles. The van der Waals surface area contributed by atoms with Gasteiger partial charge in [0, 0.05) is 6.92 Å². The van der Waals surface area contributed by atoms with Gasteiger partial charge in [-0.3, -0.25) is 4.79 Å². The lowest BCUT2D eigenvalue weighted by molar-refractivity contribution is -0.136. The second-order valence-corrected chi connectivity index (χ2v) is 6.79. The average molecular weight is 337 g/mol. The van der Waals surface area contributed by atoms with Gasteiger partial charge in [0.05, 0.1) is 0 Å². The van der Waals surface area contributed by atoms with E-state index in [0.29, 0.717) is 5.76 Å². The Morgan fingerprint density at radius 1 is 0.792 bits per heavy atom. The fraction of sp³-hybridized carbons (Fsp3) is 0.773. The van der Waals surface area contributed by atoms with E-state index in [4.69, 9.17) is 4.74 Å². The van der Waals surface area contributed by atoms with Gasteiger partial charge in [-0.2, -0.15) is 0 Å². The van der Waals surface area contributed by atoms with E-state index < -0.39 is 0 Å². The van der Waals surface area contributed by atoms with Crippen LogP contribution < -0.4 is 0 Å². The summed E-state index contributed by atoms with van der Waals surface area (Å²) >= 11 is 0. The van der Waals surface area contributed by atoms with Crippen molar-refractivity contribution < 1.29 is 9.53 Å². The van der Waals surface area contributed by atoms with Gasteiger partial charge in [0.2, 0.25) is 0 Å². The van der Waals surface area contributed by atoms with Crippen molar-refractivity contribution in [3.05, 3.63) is 24.5 Å². The molecule has 0 rings (SSSR count). The first kappa shape index (κ1) is 22.9. The molecule has 2 heteroatoms. The molecule has 0 amide bonds. The number of rotatable bonds is 17. The van der Waals surface area contributed by atoms with E-state index in [1.807, 2.05) is 6.08 Å². The van der Waals surface area contributed by atoms with Gasteiger partial charge in [-0.15, -0.1) is 0 Å². The Balaban J connectivity index is 3.26. The minimum Gasteiger partial charge on any atom is -0.427 e. The first-order valence-electron chi connectivity index (χ1n) is 10.2. The number of carbonyl (C=O) groups excluding carboxylic acids is 1. The van der Waals surface area contributed by atoms with E-state index in [-0.39, 0.29) is 5.97 Å². The fourth-order valence-corrected chi connectivity index (χ4v) is 2.92. The molecule has 0 aliphatic rings. The fourth-order valence-electron chi connectivity index (χ4n) is 2.92. The first-order valence-corrected chi connectivity index (χ1v) is 10.2. The van der Waals surface area contributed by atoms with E-state index in [2.05, 4.69) is 13.5 Å². The van der Waals surface area contributed by atoms with E-state index in [0.717, 1.165) is 12.8 Å². The van der Waals surface area contributed by atoms with E-state index in [1.165, 1.54) is 90.4 Å². The van der Waals surface area contributed by atoms with Crippen molar-refractivity contribution in [3.63, 3.8) is 0 Å². The number of hydrogen-bond acceptors (Lipinski definition) is 2. The zero-order chi connectivity index (χ0) is 17.9. The highest BCUT2D eigenvalue weighted by Gasteiger charge is 1.97. The van der Waals surface area contributed by atoms with Crippen LogP contribution in [-0.2, 0) is 9.53 Å². The summed E-state index contributed by atoms with van der Waals surface area (Å²) in [5.74, 6) is 0.319. The maximum atomic E-state index is 10.9. The largest absolute Gasteiger partial charge is 0.427 e. The maximum absolute atomic E-state index is 10.9. The highest BCUT2D eigenvalue weighted by molar-refractivity contribution is 5.67. The molecule has 0 aromatic heterocycles. The van der Waals surface area contributed by atoms with Crippen LogP contribution in [0.25, 0.3) is 0 Å². The van der Waals surface area contributed by atoms with Crippen LogP contribution in [0.1, 0.15) is 110 Å². The molecule has 0 heterocycles. The molecule has 0 N–H and O–H groups in total. The topological polar surface area (TPSA) is 26.3 Å². The van der Waals surface area contributed by atoms with Gasteiger partial charge >= 0.3 is 5.97 Å². The zero-order valence-corrected chi connectivity index (χ0v) is 16.3.